The zero-order valence-electron chi connectivity index (χ0n) is 15.1. The Morgan fingerprint density at radius 1 is 1.18 bits per heavy atom. The van der Waals surface area contributed by atoms with Gasteiger partial charge in [-0.2, -0.15) is 4.68 Å². The fourth-order valence-corrected chi connectivity index (χ4v) is 3.01. The maximum absolute atomic E-state index is 13.1. The van der Waals surface area contributed by atoms with Gasteiger partial charge in [-0.05, 0) is 71.7 Å². The number of halogens is 2. The van der Waals surface area contributed by atoms with E-state index in [1.807, 2.05) is 19.1 Å². The van der Waals surface area contributed by atoms with E-state index in [0.29, 0.717) is 11.4 Å². The molecular formula is C20H17BrFN3O3. The maximum Gasteiger partial charge on any atom is 0.271 e. The van der Waals surface area contributed by atoms with E-state index in [2.05, 4.69) is 26.3 Å². The lowest BCUT2D eigenvalue weighted by Crippen LogP contribution is -2.31. The van der Waals surface area contributed by atoms with Gasteiger partial charge in [0, 0.05) is 16.6 Å². The van der Waals surface area contributed by atoms with Crippen molar-refractivity contribution in [2.45, 2.75) is 20.0 Å². The quantitative estimate of drug-likeness (QED) is 0.647. The zero-order chi connectivity index (χ0) is 20.3. The van der Waals surface area contributed by atoms with Crippen LogP contribution in [0.3, 0.4) is 0 Å². The molecule has 0 aliphatic heterocycles. The molecule has 3 rings (SSSR count). The normalized spacial score (nSPS) is 11.7. The van der Waals surface area contributed by atoms with Crippen LogP contribution in [-0.2, 0) is 4.79 Å². The van der Waals surface area contributed by atoms with Gasteiger partial charge < -0.3 is 10.1 Å². The minimum absolute atomic E-state index is 0.0922. The van der Waals surface area contributed by atoms with Gasteiger partial charge in [0.25, 0.3) is 11.5 Å². The van der Waals surface area contributed by atoms with Crippen molar-refractivity contribution in [1.82, 2.24) is 9.78 Å². The minimum Gasteiger partial charge on any atom is -0.463 e. The largest absolute Gasteiger partial charge is 0.463 e. The lowest BCUT2D eigenvalue weighted by Gasteiger charge is -2.15. The number of benzene rings is 2. The number of ether oxygens (including phenoxy) is 1. The van der Waals surface area contributed by atoms with E-state index in [1.54, 1.807) is 13.0 Å². The van der Waals surface area contributed by atoms with Gasteiger partial charge in [0.05, 0.1) is 11.4 Å². The van der Waals surface area contributed by atoms with Crippen molar-refractivity contribution in [3.8, 4) is 11.6 Å². The molecule has 0 radical (unpaired) electrons. The predicted molar refractivity (Wildman–Crippen MR) is 107 cm³/mol. The molecule has 0 saturated carbocycles. The van der Waals surface area contributed by atoms with Gasteiger partial charge in [0.15, 0.2) is 6.10 Å². The number of nitrogens with one attached hydrogen (secondary N) is 1. The summed E-state index contributed by atoms with van der Waals surface area (Å²) in [4.78, 5) is 24.5. The first-order valence-electron chi connectivity index (χ1n) is 8.43. The number of nitrogens with zero attached hydrogens (tertiary/aromatic N) is 2. The van der Waals surface area contributed by atoms with Gasteiger partial charge in [-0.15, -0.1) is 5.10 Å². The highest BCUT2D eigenvalue weighted by molar-refractivity contribution is 9.10. The Morgan fingerprint density at radius 3 is 2.57 bits per heavy atom. The second kappa shape index (κ2) is 8.35. The summed E-state index contributed by atoms with van der Waals surface area (Å²) in [5.74, 6) is -0.697. The van der Waals surface area contributed by atoms with Crippen LogP contribution in [0, 0.1) is 12.7 Å². The molecule has 144 valence electrons. The van der Waals surface area contributed by atoms with Crippen molar-refractivity contribution in [2.75, 3.05) is 5.32 Å². The monoisotopic (exact) mass is 445 g/mol. The Morgan fingerprint density at radius 2 is 1.89 bits per heavy atom. The first-order valence-corrected chi connectivity index (χ1v) is 9.23. The summed E-state index contributed by atoms with van der Waals surface area (Å²) in [5.41, 5.74) is 1.66. The van der Waals surface area contributed by atoms with Crippen molar-refractivity contribution in [3.05, 3.63) is 80.8 Å². The molecule has 0 aliphatic carbocycles. The van der Waals surface area contributed by atoms with Gasteiger partial charge >= 0.3 is 0 Å². The Labute approximate surface area is 169 Å². The van der Waals surface area contributed by atoms with Gasteiger partial charge in [0.1, 0.15) is 5.82 Å². The fraction of sp³-hybridized carbons (Fsp3) is 0.150. The third-order valence-corrected chi connectivity index (χ3v) is 4.55. The average Bonchev–Trinajstić information content (AvgIpc) is 2.66. The summed E-state index contributed by atoms with van der Waals surface area (Å²) in [6.07, 6.45) is -0.861. The van der Waals surface area contributed by atoms with Crippen LogP contribution in [0.4, 0.5) is 10.1 Å². The topological polar surface area (TPSA) is 73.2 Å². The molecule has 1 N–H and O–H groups in total. The highest BCUT2D eigenvalue weighted by Gasteiger charge is 2.17. The number of hydrogen-bond acceptors (Lipinski definition) is 4. The number of carbonyl (C=O) groups excluding carboxylic acids is 1. The highest BCUT2D eigenvalue weighted by Crippen LogP contribution is 2.23. The van der Waals surface area contributed by atoms with E-state index in [1.165, 1.54) is 36.4 Å². The molecule has 1 heterocycles. The van der Waals surface area contributed by atoms with Crippen molar-refractivity contribution in [3.63, 3.8) is 0 Å². The molecule has 0 fully saturated rings. The second-order valence-electron chi connectivity index (χ2n) is 6.13. The maximum atomic E-state index is 13.1. The molecule has 6 nitrogen and oxygen atoms in total. The molecule has 1 aromatic heterocycles. The number of amides is 1. The summed E-state index contributed by atoms with van der Waals surface area (Å²) in [5, 5.41) is 6.87. The van der Waals surface area contributed by atoms with E-state index in [0.717, 1.165) is 14.7 Å². The van der Waals surface area contributed by atoms with Crippen LogP contribution in [0.1, 0.15) is 12.5 Å². The SMILES string of the molecule is Cc1ccc(NC(=O)C(C)Oc2ccc(=O)n(-c3ccc(F)cc3)n2)c(Br)c1. The summed E-state index contributed by atoms with van der Waals surface area (Å²) >= 11 is 3.41. The fourth-order valence-electron chi connectivity index (χ4n) is 2.41. The molecule has 1 unspecified atom stereocenters. The van der Waals surface area contributed by atoms with Crippen molar-refractivity contribution in [1.29, 1.82) is 0 Å². The van der Waals surface area contributed by atoms with E-state index in [-0.39, 0.29) is 11.8 Å². The van der Waals surface area contributed by atoms with Crippen LogP contribution in [0.15, 0.2) is 63.9 Å². The highest BCUT2D eigenvalue weighted by atomic mass is 79.9. The first-order chi connectivity index (χ1) is 13.3. The summed E-state index contributed by atoms with van der Waals surface area (Å²) in [7, 11) is 0. The molecule has 0 saturated heterocycles. The predicted octanol–water partition coefficient (Wildman–Crippen LogP) is 3.85. The Hall–Kier alpha value is -3.00. The van der Waals surface area contributed by atoms with Crippen LogP contribution in [0.2, 0.25) is 0 Å². The standard InChI is InChI=1S/C20H17BrFN3O3/c1-12-3-8-17(16(21)11-12)23-20(27)13(2)28-18-9-10-19(26)25(24-18)15-6-4-14(22)5-7-15/h3-11,13H,1-2H3,(H,23,27). The lowest BCUT2D eigenvalue weighted by atomic mass is 10.2. The second-order valence-corrected chi connectivity index (χ2v) is 6.98. The van der Waals surface area contributed by atoms with Crippen LogP contribution in [-0.4, -0.2) is 21.8 Å². The zero-order valence-corrected chi connectivity index (χ0v) is 16.7. The Bertz CT molecular complexity index is 1070. The number of aromatic nitrogens is 2. The van der Waals surface area contributed by atoms with Crippen LogP contribution in [0.5, 0.6) is 5.88 Å². The smallest absolute Gasteiger partial charge is 0.271 e. The van der Waals surface area contributed by atoms with Gasteiger partial charge in [-0.25, -0.2) is 4.39 Å². The Balaban J connectivity index is 1.75. The van der Waals surface area contributed by atoms with Gasteiger partial charge in [-0.1, -0.05) is 6.07 Å². The van der Waals surface area contributed by atoms with E-state index in [4.69, 9.17) is 4.74 Å². The molecule has 8 heteroatoms. The van der Waals surface area contributed by atoms with Crippen molar-refractivity contribution in [2.24, 2.45) is 0 Å². The number of aryl methyl sites for hydroxylation is 1. The Kier molecular flexibility index (Phi) is 5.89. The van der Waals surface area contributed by atoms with Gasteiger partial charge in [-0.3, -0.25) is 9.59 Å². The molecule has 1 amide bonds. The van der Waals surface area contributed by atoms with Crippen LogP contribution < -0.4 is 15.6 Å². The lowest BCUT2D eigenvalue weighted by molar-refractivity contribution is -0.122. The first kappa shape index (κ1) is 19.8. The van der Waals surface area contributed by atoms with Crippen LogP contribution >= 0.6 is 15.9 Å². The number of carbonyl (C=O) groups is 1. The van der Waals surface area contributed by atoms with Crippen molar-refractivity contribution < 1.29 is 13.9 Å². The molecular weight excluding hydrogens is 429 g/mol. The minimum atomic E-state index is -0.861. The molecule has 2 aromatic carbocycles. The summed E-state index contributed by atoms with van der Waals surface area (Å²) < 4.78 is 20.5. The van der Waals surface area contributed by atoms with E-state index in [9.17, 15) is 14.0 Å². The van der Waals surface area contributed by atoms with E-state index < -0.39 is 17.5 Å². The summed E-state index contributed by atoms with van der Waals surface area (Å²) in [6, 6.07) is 13.5. The third-order valence-electron chi connectivity index (χ3n) is 3.90. The molecule has 28 heavy (non-hydrogen) atoms. The molecule has 3 aromatic rings. The number of anilines is 1. The molecule has 0 bridgehead atoms. The van der Waals surface area contributed by atoms with Gasteiger partial charge in [0.2, 0.25) is 5.88 Å². The molecule has 0 aliphatic rings. The molecule has 1 atom stereocenters. The summed E-state index contributed by atoms with van der Waals surface area (Å²) in [6.45, 7) is 3.52. The third kappa shape index (κ3) is 4.64. The van der Waals surface area contributed by atoms with E-state index >= 15 is 0 Å². The number of rotatable bonds is 5. The van der Waals surface area contributed by atoms with Crippen LogP contribution in [0.25, 0.3) is 5.69 Å². The van der Waals surface area contributed by atoms with Crippen molar-refractivity contribution >= 4 is 27.5 Å². The average molecular weight is 446 g/mol. The number of hydrogen-bond donors (Lipinski definition) is 1. The molecule has 0 spiro atoms.